The van der Waals surface area contributed by atoms with Gasteiger partial charge in [0.05, 0.1) is 11.6 Å². The fraction of sp³-hybridized carbons (Fsp3) is 0.533. The average molecular weight is 358 g/mol. The number of nitrogens with one attached hydrogen (secondary N) is 1. The number of unbranched alkanes of at least 4 members (excludes halogenated alkanes) is 1. The topological polar surface area (TPSA) is 79.9 Å². The third-order valence-electron chi connectivity index (χ3n) is 3.51. The Kier molecular flexibility index (Phi) is 6.81. The number of oxime groups is 1. The number of ether oxygens (including phenoxy) is 1. The zero-order chi connectivity index (χ0) is 15.9. The van der Waals surface area contributed by atoms with Crippen molar-refractivity contribution in [1.29, 1.82) is 0 Å². The molecule has 0 saturated heterocycles. The van der Waals surface area contributed by atoms with Crippen LogP contribution in [0.3, 0.4) is 0 Å². The SMILES string of the molecule is COc1cc(NCCCCC(C)(C)/C(N)=N/O)ccc1Br. The van der Waals surface area contributed by atoms with E-state index in [2.05, 4.69) is 26.4 Å². The smallest absolute Gasteiger partial charge is 0.144 e. The summed E-state index contributed by atoms with van der Waals surface area (Å²) in [4.78, 5) is 0. The summed E-state index contributed by atoms with van der Waals surface area (Å²) in [6.07, 6.45) is 2.90. The highest BCUT2D eigenvalue weighted by Gasteiger charge is 2.22. The van der Waals surface area contributed by atoms with Crippen LogP contribution in [0.1, 0.15) is 33.1 Å². The van der Waals surface area contributed by atoms with Crippen molar-refractivity contribution in [2.45, 2.75) is 33.1 Å². The number of nitrogens with zero attached hydrogens (tertiary/aromatic N) is 1. The van der Waals surface area contributed by atoms with Crippen molar-refractivity contribution in [1.82, 2.24) is 0 Å². The number of hydrogen-bond donors (Lipinski definition) is 3. The van der Waals surface area contributed by atoms with Gasteiger partial charge < -0.3 is 21.0 Å². The summed E-state index contributed by atoms with van der Waals surface area (Å²) in [7, 11) is 1.65. The lowest BCUT2D eigenvalue weighted by Gasteiger charge is -2.22. The van der Waals surface area contributed by atoms with Crippen LogP contribution < -0.4 is 15.8 Å². The highest BCUT2D eigenvalue weighted by molar-refractivity contribution is 9.10. The first-order valence-electron chi connectivity index (χ1n) is 6.96. The van der Waals surface area contributed by atoms with Gasteiger partial charge in [-0.3, -0.25) is 0 Å². The van der Waals surface area contributed by atoms with Crippen LogP contribution in [-0.4, -0.2) is 24.7 Å². The van der Waals surface area contributed by atoms with E-state index in [0.29, 0.717) is 0 Å². The van der Waals surface area contributed by atoms with Crippen LogP contribution in [0.25, 0.3) is 0 Å². The summed E-state index contributed by atoms with van der Waals surface area (Å²) in [6, 6.07) is 5.93. The van der Waals surface area contributed by atoms with Crippen molar-refractivity contribution in [2.24, 2.45) is 16.3 Å². The van der Waals surface area contributed by atoms with Gasteiger partial charge in [-0.1, -0.05) is 25.4 Å². The van der Waals surface area contributed by atoms with Gasteiger partial charge in [0.15, 0.2) is 0 Å². The summed E-state index contributed by atoms with van der Waals surface area (Å²) in [5.41, 5.74) is 6.43. The Labute approximate surface area is 134 Å². The van der Waals surface area contributed by atoms with E-state index in [1.165, 1.54) is 0 Å². The Balaban J connectivity index is 2.35. The summed E-state index contributed by atoms with van der Waals surface area (Å²) < 4.78 is 6.20. The molecule has 0 aliphatic heterocycles. The average Bonchev–Trinajstić information content (AvgIpc) is 2.47. The predicted molar refractivity (Wildman–Crippen MR) is 90.2 cm³/mol. The van der Waals surface area contributed by atoms with Crippen LogP contribution in [0.2, 0.25) is 0 Å². The van der Waals surface area contributed by atoms with E-state index >= 15 is 0 Å². The molecule has 118 valence electrons. The molecule has 6 heteroatoms. The number of methoxy groups -OCH3 is 1. The monoisotopic (exact) mass is 357 g/mol. The zero-order valence-electron chi connectivity index (χ0n) is 12.8. The van der Waals surface area contributed by atoms with Crippen LogP contribution in [0.5, 0.6) is 5.75 Å². The molecular weight excluding hydrogens is 334 g/mol. The number of rotatable bonds is 8. The van der Waals surface area contributed by atoms with Gasteiger partial charge in [0.1, 0.15) is 11.6 Å². The fourth-order valence-electron chi connectivity index (χ4n) is 1.96. The van der Waals surface area contributed by atoms with Crippen LogP contribution >= 0.6 is 15.9 Å². The highest BCUT2D eigenvalue weighted by Crippen LogP contribution is 2.28. The second-order valence-electron chi connectivity index (χ2n) is 5.60. The fourth-order valence-corrected chi connectivity index (χ4v) is 2.37. The lowest BCUT2D eigenvalue weighted by molar-refractivity contribution is 0.304. The van der Waals surface area contributed by atoms with Gasteiger partial charge in [-0.15, -0.1) is 0 Å². The molecule has 0 aliphatic carbocycles. The molecule has 0 fully saturated rings. The predicted octanol–water partition coefficient (Wildman–Crippen LogP) is 3.81. The molecule has 5 nitrogen and oxygen atoms in total. The van der Waals surface area contributed by atoms with Crippen molar-refractivity contribution in [3.63, 3.8) is 0 Å². The number of halogens is 1. The number of hydrogen-bond acceptors (Lipinski definition) is 4. The first-order valence-corrected chi connectivity index (χ1v) is 7.75. The second kappa shape index (κ2) is 8.12. The first-order chi connectivity index (χ1) is 9.90. The van der Waals surface area contributed by atoms with E-state index in [9.17, 15) is 0 Å². The molecule has 0 aromatic heterocycles. The maximum Gasteiger partial charge on any atom is 0.144 e. The molecule has 4 N–H and O–H groups in total. The van der Waals surface area contributed by atoms with Crippen molar-refractivity contribution in [2.75, 3.05) is 19.0 Å². The Morgan fingerprint density at radius 1 is 1.43 bits per heavy atom. The van der Waals surface area contributed by atoms with Crippen LogP contribution in [0.4, 0.5) is 5.69 Å². The second-order valence-corrected chi connectivity index (χ2v) is 6.46. The molecule has 0 spiro atoms. The van der Waals surface area contributed by atoms with E-state index in [0.717, 1.165) is 41.7 Å². The molecule has 0 atom stereocenters. The highest BCUT2D eigenvalue weighted by atomic mass is 79.9. The van der Waals surface area contributed by atoms with Gasteiger partial charge in [0.25, 0.3) is 0 Å². The normalized spacial score (nSPS) is 12.3. The van der Waals surface area contributed by atoms with Crippen LogP contribution in [0.15, 0.2) is 27.8 Å². The van der Waals surface area contributed by atoms with Gasteiger partial charge in [0.2, 0.25) is 0 Å². The first kappa shape index (κ1) is 17.6. The van der Waals surface area contributed by atoms with Crippen LogP contribution in [0, 0.1) is 5.41 Å². The lowest BCUT2D eigenvalue weighted by Crippen LogP contribution is -2.31. The summed E-state index contributed by atoms with van der Waals surface area (Å²) in [5.74, 6) is 1.10. The van der Waals surface area contributed by atoms with Crippen LogP contribution in [-0.2, 0) is 0 Å². The van der Waals surface area contributed by atoms with Crippen molar-refractivity contribution in [3.05, 3.63) is 22.7 Å². The molecule has 0 radical (unpaired) electrons. The van der Waals surface area contributed by atoms with E-state index in [1.54, 1.807) is 7.11 Å². The molecule has 0 heterocycles. The van der Waals surface area contributed by atoms with E-state index in [1.807, 2.05) is 32.0 Å². The maximum absolute atomic E-state index is 8.73. The minimum absolute atomic E-state index is 0.268. The Morgan fingerprint density at radius 2 is 2.14 bits per heavy atom. The molecule has 0 bridgehead atoms. The number of anilines is 1. The Morgan fingerprint density at radius 3 is 2.76 bits per heavy atom. The molecule has 21 heavy (non-hydrogen) atoms. The van der Waals surface area contributed by atoms with Crippen molar-refractivity contribution in [3.8, 4) is 5.75 Å². The number of benzene rings is 1. The minimum Gasteiger partial charge on any atom is -0.495 e. The largest absolute Gasteiger partial charge is 0.495 e. The van der Waals surface area contributed by atoms with E-state index in [4.69, 9.17) is 15.7 Å². The standard InChI is InChI=1S/C15H24BrN3O2/c1-15(2,14(17)19-20)8-4-5-9-18-11-6-7-12(16)13(10-11)21-3/h6-7,10,18,20H,4-5,8-9H2,1-3H3,(H2,17,19). The third-order valence-corrected chi connectivity index (χ3v) is 4.17. The Bertz CT molecular complexity index is 490. The zero-order valence-corrected chi connectivity index (χ0v) is 14.4. The molecule has 0 unspecified atom stereocenters. The molecule has 0 saturated carbocycles. The summed E-state index contributed by atoms with van der Waals surface area (Å²) >= 11 is 3.43. The van der Waals surface area contributed by atoms with Crippen molar-refractivity contribution < 1.29 is 9.94 Å². The maximum atomic E-state index is 8.73. The molecule has 1 aromatic carbocycles. The van der Waals surface area contributed by atoms with Gasteiger partial charge in [-0.2, -0.15) is 0 Å². The quantitative estimate of drug-likeness (QED) is 0.217. The molecule has 0 aliphatic rings. The van der Waals surface area contributed by atoms with Gasteiger partial charge in [0, 0.05) is 23.7 Å². The summed E-state index contributed by atoms with van der Waals surface area (Å²) in [6.45, 7) is 4.83. The Hall–Kier alpha value is -1.43. The number of nitrogens with two attached hydrogens (primary N) is 1. The molecule has 1 rings (SSSR count). The van der Waals surface area contributed by atoms with Gasteiger partial charge in [-0.05, 0) is 40.9 Å². The van der Waals surface area contributed by atoms with Gasteiger partial charge >= 0.3 is 0 Å². The number of amidine groups is 1. The van der Waals surface area contributed by atoms with Crippen molar-refractivity contribution >= 4 is 27.5 Å². The minimum atomic E-state index is -0.268. The third kappa shape index (κ3) is 5.46. The molecule has 1 aromatic rings. The molecular formula is C15H24BrN3O2. The van der Waals surface area contributed by atoms with Gasteiger partial charge in [-0.25, -0.2) is 0 Å². The van der Waals surface area contributed by atoms with E-state index in [-0.39, 0.29) is 11.3 Å². The lowest BCUT2D eigenvalue weighted by atomic mass is 9.86. The summed E-state index contributed by atoms with van der Waals surface area (Å²) in [5, 5.41) is 15.2. The molecule has 0 amide bonds. The van der Waals surface area contributed by atoms with E-state index < -0.39 is 0 Å².